The second-order valence-corrected chi connectivity index (χ2v) is 7.47. The van der Waals surface area contributed by atoms with Crippen LogP contribution >= 0.6 is 11.6 Å². The number of halogens is 1. The molecule has 5 N–H and O–H groups in total. The number of benzene rings is 1. The summed E-state index contributed by atoms with van der Waals surface area (Å²) in [5, 5.41) is 9.62. The fourth-order valence-electron chi connectivity index (χ4n) is 2.57. The van der Waals surface area contributed by atoms with Crippen LogP contribution < -0.4 is 16.5 Å². The van der Waals surface area contributed by atoms with E-state index in [0.717, 1.165) is 9.98 Å². The summed E-state index contributed by atoms with van der Waals surface area (Å²) in [6, 6.07) is 3.34. The van der Waals surface area contributed by atoms with E-state index in [1.165, 1.54) is 13.1 Å². The lowest BCUT2D eigenvalue weighted by Crippen LogP contribution is -2.30. The minimum absolute atomic E-state index is 0.0847. The van der Waals surface area contributed by atoms with Crippen LogP contribution in [0.1, 0.15) is 25.8 Å². The molecule has 7 nitrogen and oxygen atoms in total. The Morgan fingerprint density at radius 2 is 2.25 bits per heavy atom. The summed E-state index contributed by atoms with van der Waals surface area (Å²) < 4.78 is 13.6. The third-order valence-corrected chi connectivity index (χ3v) is 5.24. The van der Waals surface area contributed by atoms with Crippen LogP contribution in [0.15, 0.2) is 28.9 Å². The largest absolute Gasteiger partial charge is 0.401 e. The summed E-state index contributed by atoms with van der Waals surface area (Å²) in [6.07, 6.45) is 1.58. The number of amides is 1. The van der Waals surface area contributed by atoms with Crippen molar-refractivity contribution in [3.05, 3.63) is 34.6 Å². The molecule has 0 saturated carbocycles. The first-order valence-electron chi connectivity index (χ1n) is 7.41. The van der Waals surface area contributed by atoms with Crippen molar-refractivity contribution in [2.75, 3.05) is 11.4 Å². The minimum atomic E-state index is -1.79. The van der Waals surface area contributed by atoms with Crippen molar-refractivity contribution in [3.63, 3.8) is 0 Å². The topological polar surface area (TPSA) is 113 Å². The fourth-order valence-corrected chi connectivity index (χ4v) is 3.85. The molecule has 0 spiro atoms. The molecule has 132 valence electrons. The van der Waals surface area contributed by atoms with Gasteiger partial charge in [0, 0.05) is 37.5 Å². The van der Waals surface area contributed by atoms with Gasteiger partial charge in [-0.15, -0.1) is 0 Å². The van der Waals surface area contributed by atoms with Gasteiger partial charge in [0.2, 0.25) is 5.91 Å². The summed E-state index contributed by atoms with van der Waals surface area (Å²) in [5.74, 6) is 5.71. The minimum Gasteiger partial charge on any atom is -0.401 e. The summed E-state index contributed by atoms with van der Waals surface area (Å²) in [5.41, 5.74) is 7.67. The lowest BCUT2D eigenvalue weighted by molar-refractivity contribution is -0.116. The molecule has 1 aliphatic heterocycles. The van der Waals surface area contributed by atoms with Crippen molar-refractivity contribution in [3.8, 4) is 0 Å². The van der Waals surface area contributed by atoms with E-state index < -0.39 is 17.1 Å². The first-order chi connectivity index (χ1) is 11.2. The van der Waals surface area contributed by atoms with Crippen LogP contribution in [-0.2, 0) is 22.2 Å². The van der Waals surface area contributed by atoms with Crippen molar-refractivity contribution >= 4 is 34.2 Å². The zero-order valence-electron chi connectivity index (χ0n) is 13.5. The summed E-state index contributed by atoms with van der Waals surface area (Å²) in [7, 11) is -1.79. The quantitative estimate of drug-likeness (QED) is 0.527. The normalized spacial score (nSPS) is 16.7. The zero-order chi connectivity index (χ0) is 18.0. The maximum atomic E-state index is 12.6. The van der Waals surface area contributed by atoms with Gasteiger partial charge in [0.25, 0.3) is 0 Å². The van der Waals surface area contributed by atoms with E-state index in [-0.39, 0.29) is 12.3 Å². The lowest BCUT2D eigenvalue weighted by atomic mass is 10.2. The molecule has 0 aliphatic carbocycles. The van der Waals surface area contributed by atoms with E-state index in [4.69, 9.17) is 23.2 Å². The SMILES string of the molecule is CC(=O)N1CCc2cc(Cl)c(S(=O)N(N)/C=C(\N)CC(C)O)cc21. The Bertz CT molecular complexity index is 708. The van der Waals surface area contributed by atoms with Crippen molar-refractivity contribution in [2.24, 2.45) is 11.6 Å². The Morgan fingerprint density at radius 1 is 1.58 bits per heavy atom. The summed E-state index contributed by atoms with van der Waals surface area (Å²) in [4.78, 5) is 13.6. The zero-order valence-corrected chi connectivity index (χ0v) is 15.1. The Balaban J connectivity index is 2.30. The van der Waals surface area contributed by atoms with Gasteiger partial charge in [0.05, 0.1) is 16.0 Å². The van der Waals surface area contributed by atoms with Crippen LogP contribution in [0.2, 0.25) is 5.02 Å². The van der Waals surface area contributed by atoms with E-state index in [0.29, 0.717) is 34.3 Å². The number of aliphatic hydroxyl groups excluding tert-OH is 1. The van der Waals surface area contributed by atoms with Crippen LogP contribution in [0, 0.1) is 0 Å². The number of hydrogen-bond acceptors (Lipinski definition) is 5. The number of nitrogens with two attached hydrogens (primary N) is 2. The van der Waals surface area contributed by atoms with E-state index in [1.807, 2.05) is 0 Å². The number of aliphatic hydroxyl groups is 1. The molecule has 0 bridgehead atoms. The number of fused-ring (bicyclic) bond motifs is 1. The molecule has 0 saturated heterocycles. The average Bonchev–Trinajstić information content (AvgIpc) is 2.87. The van der Waals surface area contributed by atoms with Crippen molar-refractivity contribution in [2.45, 2.75) is 37.7 Å². The molecular weight excluding hydrogens is 352 g/mol. The Hall–Kier alpha value is -1.61. The summed E-state index contributed by atoms with van der Waals surface area (Å²) >= 11 is 6.22. The van der Waals surface area contributed by atoms with Gasteiger partial charge >= 0.3 is 0 Å². The third kappa shape index (κ3) is 4.07. The Labute approximate surface area is 148 Å². The van der Waals surface area contributed by atoms with E-state index in [1.54, 1.807) is 24.0 Å². The van der Waals surface area contributed by atoms with Gasteiger partial charge in [-0.2, -0.15) is 0 Å². The maximum Gasteiger partial charge on any atom is 0.223 e. The molecule has 9 heteroatoms. The number of anilines is 1. The second kappa shape index (κ2) is 7.52. The molecular formula is C15H21ClN4O3S. The predicted molar refractivity (Wildman–Crippen MR) is 94.2 cm³/mol. The molecule has 2 rings (SSSR count). The highest BCUT2D eigenvalue weighted by molar-refractivity contribution is 7.82. The van der Waals surface area contributed by atoms with Crippen LogP contribution in [-0.4, -0.2) is 32.3 Å². The summed E-state index contributed by atoms with van der Waals surface area (Å²) in [6.45, 7) is 3.64. The van der Waals surface area contributed by atoms with E-state index >= 15 is 0 Å². The van der Waals surface area contributed by atoms with Gasteiger partial charge in [0.15, 0.2) is 11.0 Å². The Kier molecular flexibility index (Phi) is 5.87. The molecule has 2 unspecified atom stereocenters. The van der Waals surface area contributed by atoms with Gasteiger partial charge in [-0.25, -0.2) is 14.5 Å². The smallest absolute Gasteiger partial charge is 0.223 e. The number of hydrogen-bond donors (Lipinski definition) is 3. The monoisotopic (exact) mass is 372 g/mol. The molecule has 1 aliphatic rings. The van der Waals surface area contributed by atoms with Crippen molar-refractivity contribution < 1.29 is 14.1 Å². The highest BCUT2D eigenvalue weighted by Crippen LogP contribution is 2.35. The van der Waals surface area contributed by atoms with Crippen LogP contribution in [0.25, 0.3) is 0 Å². The third-order valence-electron chi connectivity index (χ3n) is 3.61. The number of hydrazine groups is 1. The van der Waals surface area contributed by atoms with Gasteiger partial charge in [0.1, 0.15) is 0 Å². The molecule has 0 aromatic heterocycles. The van der Waals surface area contributed by atoms with Gasteiger partial charge in [-0.3, -0.25) is 4.79 Å². The van der Waals surface area contributed by atoms with Crippen LogP contribution in [0.5, 0.6) is 0 Å². The molecule has 1 aromatic rings. The second-order valence-electron chi connectivity index (χ2n) is 5.70. The van der Waals surface area contributed by atoms with Crippen molar-refractivity contribution in [1.82, 2.24) is 4.41 Å². The van der Waals surface area contributed by atoms with Gasteiger partial charge < -0.3 is 15.7 Å². The number of nitrogens with zero attached hydrogens (tertiary/aromatic N) is 2. The van der Waals surface area contributed by atoms with E-state index in [2.05, 4.69) is 0 Å². The highest BCUT2D eigenvalue weighted by atomic mass is 35.5. The predicted octanol–water partition coefficient (Wildman–Crippen LogP) is 1.02. The van der Waals surface area contributed by atoms with Gasteiger partial charge in [-0.05, 0) is 31.0 Å². The standard InChI is InChI=1S/C15H21ClN4O3S/c1-9(21)5-12(17)8-20(18)24(23)15-7-14-11(6-13(15)16)3-4-19(14)10(2)22/h6-9,21H,3-5,17-18H2,1-2H3/b12-8-. The van der Waals surface area contributed by atoms with Crippen molar-refractivity contribution in [1.29, 1.82) is 0 Å². The number of rotatable bonds is 5. The molecule has 2 atom stereocenters. The molecule has 1 heterocycles. The first kappa shape index (κ1) is 18.7. The lowest BCUT2D eigenvalue weighted by Gasteiger charge is -2.19. The maximum absolute atomic E-state index is 12.6. The molecule has 0 radical (unpaired) electrons. The molecule has 1 amide bonds. The van der Waals surface area contributed by atoms with Crippen LogP contribution in [0.3, 0.4) is 0 Å². The fraction of sp³-hybridized carbons (Fsp3) is 0.400. The Morgan fingerprint density at radius 3 is 2.83 bits per heavy atom. The highest BCUT2D eigenvalue weighted by Gasteiger charge is 2.26. The van der Waals surface area contributed by atoms with E-state index in [9.17, 15) is 14.1 Å². The molecule has 0 fully saturated rings. The first-order valence-corrected chi connectivity index (χ1v) is 8.89. The molecule has 24 heavy (non-hydrogen) atoms. The average molecular weight is 373 g/mol. The number of carbonyl (C=O) groups is 1. The molecule has 1 aromatic carbocycles. The number of carbonyl (C=O) groups excluding carboxylic acids is 1. The van der Waals surface area contributed by atoms with Gasteiger partial charge in [-0.1, -0.05) is 11.6 Å². The van der Waals surface area contributed by atoms with Crippen LogP contribution in [0.4, 0.5) is 5.69 Å².